The number of hydrogen-bond donors (Lipinski definition) is 3. The highest BCUT2D eigenvalue weighted by Gasteiger charge is 2.34. The van der Waals surface area contributed by atoms with Crippen molar-refractivity contribution in [3.05, 3.63) is 64.4 Å². The van der Waals surface area contributed by atoms with Crippen LogP contribution in [0.5, 0.6) is 0 Å². The number of amides is 1. The molecule has 0 saturated carbocycles. The van der Waals surface area contributed by atoms with E-state index in [1.807, 2.05) is 6.92 Å². The number of carbonyl (C=O) groups is 1. The maximum Gasteiger partial charge on any atom is 0.250 e. The molecule has 4 heterocycles. The molecule has 0 saturated heterocycles. The summed E-state index contributed by atoms with van der Waals surface area (Å²) in [7, 11) is 0. The van der Waals surface area contributed by atoms with Crippen LogP contribution in [0.1, 0.15) is 16.3 Å². The van der Waals surface area contributed by atoms with Crippen LogP contribution in [0.25, 0.3) is 11.3 Å². The first kappa shape index (κ1) is 19.9. The number of rotatable bonds is 4. The molecule has 0 fully saturated rings. The number of anilines is 2. The van der Waals surface area contributed by atoms with Crippen molar-refractivity contribution < 1.29 is 4.79 Å². The molecule has 1 unspecified atom stereocenters. The van der Waals surface area contributed by atoms with E-state index < -0.39 is 5.54 Å². The van der Waals surface area contributed by atoms with Gasteiger partial charge in [-0.15, -0.1) is 11.3 Å². The Labute approximate surface area is 177 Å². The monoisotopic (exact) mass is 419 g/mol. The number of thiophene rings is 1. The van der Waals surface area contributed by atoms with E-state index in [-0.39, 0.29) is 12.5 Å². The second kappa shape index (κ2) is 7.77. The lowest BCUT2D eigenvalue weighted by Gasteiger charge is -2.26. The molecule has 0 aromatic carbocycles. The zero-order valence-corrected chi connectivity index (χ0v) is 17.4. The molecule has 0 radical (unpaired) electrons. The molecule has 1 aliphatic heterocycles. The number of pyridine rings is 1. The van der Waals surface area contributed by atoms with Crippen LogP contribution in [-0.2, 0) is 4.79 Å². The Bertz CT molecular complexity index is 1160. The molecule has 3 aromatic heterocycles. The van der Waals surface area contributed by atoms with Gasteiger partial charge in [-0.1, -0.05) is 6.08 Å². The molecule has 0 aliphatic carbocycles. The van der Waals surface area contributed by atoms with Gasteiger partial charge in [-0.05, 0) is 43.0 Å². The van der Waals surface area contributed by atoms with Crippen molar-refractivity contribution in [2.24, 2.45) is 10.7 Å². The van der Waals surface area contributed by atoms with Crippen molar-refractivity contribution in [3.63, 3.8) is 0 Å². The maximum atomic E-state index is 13.0. The molecular weight excluding hydrogens is 398 g/mol. The Morgan fingerprint density at radius 3 is 2.77 bits per heavy atom. The van der Waals surface area contributed by atoms with Crippen LogP contribution in [0, 0.1) is 13.8 Å². The second-order valence-electron chi connectivity index (χ2n) is 7.16. The lowest BCUT2D eigenvalue weighted by molar-refractivity contribution is -0.119. The van der Waals surface area contributed by atoms with Crippen molar-refractivity contribution >= 4 is 34.5 Å². The number of aromatic nitrogens is 3. The topological polar surface area (TPSA) is 132 Å². The van der Waals surface area contributed by atoms with Gasteiger partial charge in [-0.3, -0.25) is 14.8 Å². The van der Waals surface area contributed by atoms with Crippen LogP contribution in [0.2, 0.25) is 0 Å². The van der Waals surface area contributed by atoms with Gasteiger partial charge in [0.25, 0.3) is 0 Å². The standard InChI is InChI=1S/C21H21N7OS/c1-12-7-18(30-10-12)15-3-5-21(23,11-25-15)20(29)28-17-9-24-6-4-14(17)16-8-19(22)27-13(2)26-16/h3-10H,11,23H2,1-2H3,(H,28,29)(H2,22,26,27). The Kier molecular flexibility index (Phi) is 5.15. The summed E-state index contributed by atoms with van der Waals surface area (Å²) in [5, 5.41) is 4.94. The van der Waals surface area contributed by atoms with Crippen LogP contribution in [-0.4, -0.2) is 38.7 Å². The van der Waals surface area contributed by atoms with E-state index in [0.29, 0.717) is 28.6 Å². The Balaban J connectivity index is 1.56. The minimum Gasteiger partial charge on any atom is -0.384 e. The fourth-order valence-corrected chi connectivity index (χ4v) is 4.00. The molecule has 1 atom stereocenters. The highest BCUT2D eigenvalue weighted by atomic mass is 32.1. The van der Waals surface area contributed by atoms with Crippen molar-refractivity contribution in [3.8, 4) is 11.3 Å². The molecule has 1 aliphatic rings. The molecule has 1 amide bonds. The van der Waals surface area contributed by atoms with Crippen LogP contribution in [0.4, 0.5) is 11.5 Å². The molecule has 8 nitrogen and oxygen atoms in total. The van der Waals surface area contributed by atoms with Crippen LogP contribution < -0.4 is 16.8 Å². The smallest absolute Gasteiger partial charge is 0.250 e. The third-order valence-electron chi connectivity index (χ3n) is 4.66. The van der Waals surface area contributed by atoms with E-state index >= 15 is 0 Å². The average Bonchev–Trinajstić information content (AvgIpc) is 3.14. The van der Waals surface area contributed by atoms with Crippen LogP contribution in [0.15, 0.2) is 53.1 Å². The van der Waals surface area contributed by atoms with Gasteiger partial charge in [0.15, 0.2) is 0 Å². The Morgan fingerprint density at radius 2 is 2.10 bits per heavy atom. The Hall–Kier alpha value is -3.43. The molecule has 0 spiro atoms. The van der Waals surface area contributed by atoms with E-state index in [1.54, 1.807) is 54.9 Å². The molecular formula is C21H21N7OS. The van der Waals surface area contributed by atoms with Gasteiger partial charge in [0.2, 0.25) is 5.91 Å². The summed E-state index contributed by atoms with van der Waals surface area (Å²) in [4.78, 5) is 31.2. The lowest BCUT2D eigenvalue weighted by atomic mass is 9.95. The van der Waals surface area contributed by atoms with Gasteiger partial charge in [-0.2, -0.15) is 0 Å². The molecule has 30 heavy (non-hydrogen) atoms. The van der Waals surface area contributed by atoms with Gasteiger partial charge in [0.1, 0.15) is 17.2 Å². The first-order valence-electron chi connectivity index (χ1n) is 9.29. The highest BCUT2D eigenvalue weighted by molar-refractivity contribution is 7.12. The normalized spacial score (nSPS) is 18.2. The maximum absolute atomic E-state index is 13.0. The van der Waals surface area contributed by atoms with Crippen molar-refractivity contribution in [1.29, 1.82) is 0 Å². The number of hydrogen-bond acceptors (Lipinski definition) is 8. The minimum absolute atomic E-state index is 0.150. The molecule has 0 bridgehead atoms. The van der Waals surface area contributed by atoms with Crippen molar-refractivity contribution in [1.82, 2.24) is 15.0 Å². The molecule has 4 rings (SSSR count). The number of allylic oxidation sites excluding steroid dienone is 1. The predicted octanol–water partition coefficient (Wildman–Crippen LogP) is 2.49. The zero-order valence-electron chi connectivity index (χ0n) is 16.6. The zero-order chi connectivity index (χ0) is 21.3. The number of nitrogens with one attached hydrogen (secondary N) is 1. The number of nitrogens with two attached hydrogens (primary N) is 2. The fourth-order valence-electron chi connectivity index (χ4n) is 3.11. The average molecular weight is 420 g/mol. The summed E-state index contributed by atoms with van der Waals surface area (Å²) in [6, 6.07) is 5.47. The number of aryl methyl sites for hydroxylation is 2. The lowest BCUT2D eigenvalue weighted by Crippen LogP contribution is -2.53. The van der Waals surface area contributed by atoms with Gasteiger partial charge in [0, 0.05) is 17.8 Å². The van der Waals surface area contributed by atoms with Gasteiger partial charge < -0.3 is 16.8 Å². The second-order valence-corrected chi connectivity index (χ2v) is 8.08. The SMILES string of the molecule is Cc1csc(C2=NCC(N)(C(=O)Nc3cnccc3-c3cc(N)nc(C)n3)C=C2)c1. The van der Waals surface area contributed by atoms with Gasteiger partial charge in [0.05, 0.1) is 34.7 Å². The fraction of sp³-hybridized carbons (Fsp3) is 0.190. The largest absolute Gasteiger partial charge is 0.384 e. The summed E-state index contributed by atoms with van der Waals surface area (Å²) >= 11 is 1.62. The third kappa shape index (κ3) is 3.98. The van der Waals surface area contributed by atoms with Crippen LogP contribution in [0.3, 0.4) is 0 Å². The Morgan fingerprint density at radius 1 is 1.27 bits per heavy atom. The molecule has 9 heteroatoms. The molecule has 5 N–H and O–H groups in total. The van der Waals surface area contributed by atoms with E-state index in [9.17, 15) is 4.79 Å². The minimum atomic E-state index is -1.26. The summed E-state index contributed by atoms with van der Waals surface area (Å²) in [5.41, 5.74) is 14.7. The number of nitrogens with zero attached hydrogens (tertiary/aromatic N) is 4. The molecule has 152 valence electrons. The van der Waals surface area contributed by atoms with Crippen molar-refractivity contribution in [2.75, 3.05) is 17.6 Å². The first-order chi connectivity index (χ1) is 14.3. The quantitative estimate of drug-likeness (QED) is 0.595. The van der Waals surface area contributed by atoms with Crippen LogP contribution >= 0.6 is 11.3 Å². The van der Waals surface area contributed by atoms with Gasteiger partial charge >= 0.3 is 0 Å². The summed E-state index contributed by atoms with van der Waals surface area (Å²) in [6.07, 6.45) is 6.67. The summed E-state index contributed by atoms with van der Waals surface area (Å²) < 4.78 is 0. The van der Waals surface area contributed by atoms with E-state index in [4.69, 9.17) is 11.5 Å². The number of dihydropyridines is 1. The predicted molar refractivity (Wildman–Crippen MR) is 120 cm³/mol. The van der Waals surface area contributed by atoms with Gasteiger partial charge in [-0.25, -0.2) is 9.97 Å². The van der Waals surface area contributed by atoms with E-state index in [2.05, 4.69) is 36.7 Å². The van der Waals surface area contributed by atoms with E-state index in [1.165, 1.54) is 5.56 Å². The first-order valence-corrected chi connectivity index (χ1v) is 10.2. The summed E-state index contributed by atoms with van der Waals surface area (Å²) in [6.45, 7) is 3.94. The molecule has 3 aromatic rings. The number of nitrogen functional groups attached to an aromatic ring is 1. The summed E-state index contributed by atoms with van der Waals surface area (Å²) in [5.74, 6) is 0.509. The third-order valence-corrected chi connectivity index (χ3v) is 5.73. The van der Waals surface area contributed by atoms with Crippen molar-refractivity contribution in [2.45, 2.75) is 19.4 Å². The highest BCUT2D eigenvalue weighted by Crippen LogP contribution is 2.28. The number of carbonyl (C=O) groups excluding carboxylic acids is 1. The number of aliphatic imine (C=N–C) groups is 1. The van der Waals surface area contributed by atoms with E-state index in [0.717, 1.165) is 10.6 Å².